The lowest BCUT2D eigenvalue weighted by Gasteiger charge is -2.13. The third-order valence-electron chi connectivity index (χ3n) is 3.29. The van der Waals surface area contributed by atoms with Gasteiger partial charge in [-0.2, -0.15) is 0 Å². The van der Waals surface area contributed by atoms with Crippen LogP contribution in [-0.4, -0.2) is 37.8 Å². The lowest BCUT2D eigenvalue weighted by Crippen LogP contribution is -2.30. The van der Waals surface area contributed by atoms with Crippen LogP contribution in [0.3, 0.4) is 0 Å². The van der Waals surface area contributed by atoms with E-state index in [4.69, 9.17) is 10.2 Å². The fourth-order valence-corrected chi connectivity index (χ4v) is 4.17. The van der Waals surface area contributed by atoms with Gasteiger partial charge in [-0.3, -0.25) is 0 Å². The predicted octanol–water partition coefficient (Wildman–Crippen LogP) is 0.887. The molecule has 0 aliphatic heterocycles. The second-order valence-corrected chi connectivity index (χ2v) is 7.80. The highest BCUT2D eigenvalue weighted by atomic mass is 32.2. The van der Waals surface area contributed by atoms with E-state index in [0.717, 1.165) is 24.2 Å². The molecule has 6 nitrogen and oxygen atoms in total. The Morgan fingerprint density at radius 1 is 1.42 bits per heavy atom. The molecule has 1 aliphatic carbocycles. The highest BCUT2D eigenvalue weighted by molar-refractivity contribution is 7.91. The predicted molar refractivity (Wildman–Crippen MR) is 69.8 cm³/mol. The molecule has 0 bridgehead atoms. The number of carbonyl (C=O) groups is 1. The minimum Gasteiger partial charge on any atom is -0.477 e. The molecule has 0 aromatic carbocycles. The number of aromatic carboxylic acids is 1. The van der Waals surface area contributed by atoms with Crippen LogP contribution in [0.5, 0.6) is 0 Å². The van der Waals surface area contributed by atoms with Gasteiger partial charge in [0.25, 0.3) is 0 Å². The van der Waals surface area contributed by atoms with Crippen molar-refractivity contribution in [3.63, 3.8) is 0 Å². The molecule has 3 N–H and O–H groups in total. The van der Waals surface area contributed by atoms with E-state index in [1.807, 2.05) is 0 Å². The molecule has 8 heteroatoms. The summed E-state index contributed by atoms with van der Waals surface area (Å²) in [5, 5.41) is 17.7. The van der Waals surface area contributed by atoms with Gasteiger partial charge in [0.2, 0.25) is 10.0 Å². The maximum atomic E-state index is 12.0. The molecule has 0 unspecified atom stereocenters. The van der Waals surface area contributed by atoms with E-state index in [1.54, 1.807) is 0 Å². The Morgan fingerprint density at radius 2 is 2.11 bits per heavy atom. The smallest absolute Gasteiger partial charge is 0.345 e. The first-order valence-electron chi connectivity index (χ1n) is 5.82. The van der Waals surface area contributed by atoms with Crippen LogP contribution in [-0.2, 0) is 10.0 Å². The number of carboxylic acids is 1. The van der Waals surface area contributed by atoms with E-state index >= 15 is 0 Å². The SMILES string of the molecule is O=C(O)c1ccc(S(=O)(=O)NCC2(CCO)CC2)s1. The average Bonchev–Trinajstić information content (AvgIpc) is 2.92. The lowest BCUT2D eigenvalue weighted by molar-refractivity contribution is 0.0702. The molecule has 0 radical (unpaired) electrons. The van der Waals surface area contributed by atoms with Crippen LogP contribution >= 0.6 is 11.3 Å². The molecule has 1 fully saturated rings. The van der Waals surface area contributed by atoms with E-state index < -0.39 is 16.0 Å². The molecule has 19 heavy (non-hydrogen) atoms. The van der Waals surface area contributed by atoms with E-state index in [-0.39, 0.29) is 27.7 Å². The summed E-state index contributed by atoms with van der Waals surface area (Å²) in [6.07, 6.45) is 2.39. The summed E-state index contributed by atoms with van der Waals surface area (Å²) in [4.78, 5) is 10.7. The van der Waals surface area contributed by atoms with Crippen molar-refractivity contribution >= 4 is 27.3 Å². The summed E-state index contributed by atoms with van der Waals surface area (Å²) in [5.41, 5.74) is -0.116. The van der Waals surface area contributed by atoms with Gasteiger partial charge in [0.05, 0.1) is 0 Å². The Hall–Kier alpha value is -0.960. The largest absolute Gasteiger partial charge is 0.477 e. The first-order valence-corrected chi connectivity index (χ1v) is 8.12. The Balaban J connectivity index is 2.03. The number of hydrogen-bond donors (Lipinski definition) is 3. The normalized spacial score (nSPS) is 17.3. The molecule has 1 saturated carbocycles. The van der Waals surface area contributed by atoms with Gasteiger partial charge in [-0.25, -0.2) is 17.9 Å². The van der Waals surface area contributed by atoms with E-state index in [9.17, 15) is 13.2 Å². The van der Waals surface area contributed by atoms with Crippen molar-refractivity contribution in [2.45, 2.75) is 23.5 Å². The summed E-state index contributed by atoms with van der Waals surface area (Å²) in [6.45, 7) is 0.333. The van der Waals surface area contributed by atoms with Crippen molar-refractivity contribution in [1.29, 1.82) is 0 Å². The zero-order valence-electron chi connectivity index (χ0n) is 10.1. The van der Waals surface area contributed by atoms with Gasteiger partial charge in [0.15, 0.2) is 0 Å². The number of carboxylic acid groups (broad SMARTS) is 1. The van der Waals surface area contributed by atoms with Gasteiger partial charge in [-0.1, -0.05) is 0 Å². The Bertz CT molecular complexity index is 574. The molecular formula is C11H15NO5S2. The van der Waals surface area contributed by atoms with Crippen LogP contribution in [0.4, 0.5) is 0 Å². The van der Waals surface area contributed by atoms with Gasteiger partial charge in [-0.05, 0) is 36.8 Å². The van der Waals surface area contributed by atoms with Crippen molar-refractivity contribution in [3.8, 4) is 0 Å². The first kappa shape index (κ1) is 14.4. The molecule has 0 atom stereocenters. The van der Waals surface area contributed by atoms with Crippen molar-refractivity contribution in [1.82, 2.24) is 4.72 Å². The lowest BCUT2D eigenvalue weighted by atomic mass is 10.0. The van der Waals surface area contributed by atoms with Crippen molar-refractivity contribution < 1.29 is 23.4 Å². The number of aliphatic hydroxyl groups is 1. The summed E-state index contributed by atoms with van der Waals surface area (Å²) >= 11 is 0.733. The Morgan fingerprint density at radius 3 is 2.58 bits per heavy atom. The van der Waals surface area contributed by atoms with Crippen LogP contribution < -0.4 is 4.72 Å². The second-order valence-electron chi connectivity index (χ2n) is 4.72. The van der Waals surface area contributed by atoms with E-state index in [1.165, 1.54) is 12.1 Å². The molecule has 0 amide bonds. The maximum Gasteiger partial charge on any atom is 0.345 e. The van der Waals surface area contributed by atoms with Gasteiger partial charge >= 0.3 is 5.97 Å². The molecule has 0 saturated heterocycles. The van der Waals surface area contributed by atoms with Crippen LogP contribution in [0.2, 0.25) is 0 Å². The third-order valence-corrected chi connectivity index (χ3v) is 6.26. The molecule has 106 valence electrons. The molecule has 1 aromatic heterocycles. The van der Waals surface area contributed by atoms with Gasteiger partial charge in [-0.15, -0.1) is 11.3 Å². The highest BCUT2D eigenvalue weighted by Gasteiger charge is 2.42. The zero-order valence-corrected chi connectivity index (χ0v) is 11.8. The molecule has 1 aromatic rings. The van der Waals surface area contributed by atoms with Crippen LogP contribution in [0, 0.1) is 5.41 Å². The second kappa shape index (κ2) is 5.20. The number of rotatable bonds is 7. The fraction of sp³-hybridized carbons (Fsp3) is 0.545. The highest BCUT2D eigenvalue weighted by Crippen LogP contribution is 2.48. The number of sulfonamides is 1. The third kappa shape index (κ3) is 3.33. The maximum absolute atomic E-state index is 12.0. The first-order chi connectivity index (χ1) is 8.88. The molecular weight excluding hydrogens is 290 g/mol. The summed E-state index contributed by atoms with van der Waals surface area (Å²) in [5.74, 6) is -1.13. The zero-order chi connectivity index (χ0) is 14.1. The minimum atomic E-state index is -3.66. The summed E-state index contributed by atoms with van der Waals surface area (Å²) in [6, 6.07) is 2.57. The van der Waals surface area contributed by atoms with Crippen molar-refractivity contribution in [2.75, 3.05) is 13.2 Å². The summed E-state index contributed by atoms with van der Waals surface area (Å²) < 4.78 is 26.5. The average molecular weight is 305 g/mol. The van der Waals surface area contributed by atoms with Gasteiger partial charge in [0.1, 0.15) is 9.09 Å². The minimum absolute atomic E-state index is 0.00290. The number of hydrogen-bond acceptors (Lipinski definition) is 5. The number of nitrogens with one attached hydrogen (secondary N) is 1. The van der Waals surface area contributed by atoms with Gasteiger partial charge in [0, 0.05) is 13.2 Å². The van der Waals surface area contributed by atoms with E-state index in [0.29, 0.717) is 6.42 Å². The van der Waals surface area contributed by atoms with Gasteiger partial charge < -0.3 is 10.2 Å². The van der Waals surface area contributed by atoms with E-state index in [2.05, 4.69) is 4.72 Å². The quantitative estimate of drug-likeness (QED) is 0.694. The Labute approximate surface area is 115 Å². The van der Waals surface area contributed by atoms with Crippen LogP contribution in [0.1, 0.15) is 28.9 Å². The molecule has 1 aliphatic rings. The standard InChI is InChI=1S/C11H15NO5S2/c13-6-5-11(3-4-11)7-12-19(16,17)9-2-1-8(18-9)10(14)15/h1-2,12-13H,3-7H2,(H,14,15). The fourth-order valence-electron chi connectivity index (χ4n) is 1.83. The van der Waals surface area contributed by atoms with Crippen LogP contribution in [0.15, 0.2) is 16.3 Å². The van der Waals surface area contributed by atoms with Crippen molar-refractivity contribution in [3.05, 3.63) is 17.0 Å². The number of aliphatic hydroxyl groups excluding tert-OH is 1. The molecule has 1 heterocycles. The topological polar surface area (TPSA) is 104 Å². The number of thiophene rings is 1. The molecule has 2 rings (SSSR count). The Kier molecular flexibility index (Phi) is 3.95. The van der Waals surface area contributed by atoms with Crippen molar-refractivity contribution in [2.24, 2.45) is 5.41 Å². The van der Waals surface area contributed by atoms with Crippen LogP contribution in [0.25, 0.3) is 0 Å². The monoisotopic (exact) mass is 305 g/mol. The molecule has 0 spiro atoms. The summed E-state index contributed by atoms with van der Waals surface area (Å²) in [7, 11) is -3.66.